The van der Waals surface area contributed by atoms with Crippen LogP contribution in [-0.4, -0.2) is 28.4 Å². The summed E-state index contributed by atoms with van der Waals surface area (Å²) in [5.74, 6) is 1.06. The van der Waals surface area contributed by atoms with Crippen molar-refractivity contribution in [2.45, 2.75) is 90.8 Å². The molecule has 4 rings (SSSR count). The molecular formula is C22H33FO3. The van der Waals surface area contributed by atoms with E-state index in [1.807, 2.05) is 6.92 Å². The van der Waals surface area contributed by atoms with Crippen LogP contribution >= 0.6 is 0 Å². The summed E-state index contributed by atoms with van der Waals surface area (Å²) < 4.78 is 15.4. The van der Waals surface area contributed by atoms with Crippen LogP contribution < -0.4 is 0 Å². The molecule has 0 amide bonds. The molecule has 3 nitrogen and oxygen atoms in total. The first-order valence-electron chi connectivity index (χ1n) is 10.4. The second-order valence-electron chi connectivity index (χ2n) is 10.5. The van der Waals surface area contributed by atoms with Crippen LogP contribution in [0.5, 0.6) is 0 Å². The van der Waals surface area contributed by atoms with E-state index in [0.717, 1.165) is 25.7 Å². The molecule has 0 bridgehead atoms. The number of fused-ring (bicyclic) bond motifs is 5. The van der Waals surface area contributed by atoms with Crippen LogP contribution in [0.1, 0.15) is 79.1 Å². The fourth-order valence-electron chi connectivity index (χ4n) is 7.87. The van der Waals surface area contributed by atoms with Gasteiger partial charge in [-0.25, -0.2) is 4.39 Å². The minimum absolute atomic E-state index is 0.00301. The highest BCUT2D eigenvalue weighted by Crippen LogP contribution is 2.71. The summed E-state index contributed by atoms with van der Waals surface area (Å²) in [6, 6.07) is 0. The summed E-state index contributed by atoms with van der Waals surface area (Å²) in [5, 5.41) is 11.3. The van der Waals surface area contributed by atoms with Crippen LogP contribution in [0, 0.1) is 34.0 Å². The minimum Gasteiger partial charge on any atom is -0.386 e. The molecule has 0 unspecified atom stereocenters. The summed E-state index contributed by atoms with van der Waals surface area (Å²) in [5.41, 5.74) is -2.42. The Balaban J connectivity index is 1.73. The Labute approximate surface area is 156 Å². The van der Waals surface area contributed by atoms with Gasteiger partial charge in [-0.1, -0.05) is 20.8 Å². The molecule has 4 heteroatoms. The molecule has 146 valence electrons. The highest BCUT2D eigenvalue weighted by Gasteiger charge is 2.69. The number of halogens is 1. The maximum Gasteiger partial charge on any atom is 0.136 e. The van der Waals surface area contributed by atoms with E-state index in [0.29, 0.717) is 25.2 Å². The molecule has 8 atom stereocenters. The lowest BCUT2D eigenvalue weighted by Gasteiger charge is -2.64. The summed E-state index contributed by atoms with van der Waals surface area (Å²) in [7, 11) is 0. The number of Topliss-reactive ketones (excluding diaryl/α,β-unsaturated/α-hetero) is 2. The highest BCUT2D eigenvalue weighted by molar-refractivity contribution is 5.83. The molecule has 0 saturated heterocycles. The van der Waals surface area contributed by atoms with E-state index in [4.69, 9.17) is 0 Å². The first kappa shape index (κ1) is 18.6. The summed E-state index contributed by atoms with van der Waals surface area (Å²) in [6.07, 6.45) is 3.80. The van der Waals surface area contributed by atoms with Gasteiger partial charge in [-0.3, -0.25) is 9.59 Å². The predicted octanol–water partition coefficient (Wildman–Crippen LogP) is 4.26. The fraction of sp³-hybridized carbons (Fsp3) is 0.909. The Hall–Kier alpha value is -0.770. The fourth-order valence-corrected chi connectivity index (χ4v) is 7.87. The quantitative estimate of drug-likeness (QED) is 0.756. The van der Waals surface area contributed by atoms with Crippen molar-refractivity contribution >= 4 is 11.6 Å². The van der Waals surface area contributed by atoms with Crippen molar-refractivity contribution in [3.8, 4) is 0 Å². The number of carbonyl (C=O) groups excluding carboxylic acids is 2. The lowest BCUT2D eigenvalue weighted by Crippen LogP contribution is -2.67. The highest BCUT2D eigenvalue weighted by atomic mass is 19.1. The molecule has 4 fully saturated rings. The van der Waals surface area contributed by atoms with Crippen molar-refractivity contribution < 1.29 is 19.1 Å². The first-order valence-corrected chi connectivity index (χ1v) is 10.4. The Morgan fingerprint density at radius 2 is 1.69 bits per heavy atom. The van der Waals surface area contributed by atoms with Crippen LogP contribution in [0.15, 0.2) is 0 Å². The Kier molecular flexibility index (Phi) is 3.86. The van der Waals surface area contributed by atoms with Gasteiger partial charge in [-0.05, 0) is 68.6 Å². The van der Waals surface area contributed by atoms with E-state index in [2.05, 4.69) is 13.8 Å². The largest absolute Gasteiger partial charge is 0.386 e. The smallest absolute Gasteiger partial charge is 0.136 e. The molecule has 0 spiro atoms. The van der Waals surface area contributed by atoms with Crippen LogP contribution in [0.25, 0.3) is 0 Å². The number of aliphatic hydroxyl groups is 1. The van der Waals surface area contributed by atoms with Crippen molar-refractivity contribution in [2.24, 2.45) is 34.0 Å². The minimum atomic E-state index is -1.50. The zero-order valence-electron chi connectivity index (χ0n) is 16.6. The van der Waals surface area contributed by atoms with E-state index < -0.39 is 17.2 Å². The topological polar surface area (TPSA) is 54.4 Å². The lowest BCUT2D eigenvalue weighted by atomic mass is 9.42. The van der Waals surface area contributed by atoms with Gasteiger partial charge in [-0.15, -0.1) is 0 Å². The van der Waals surface area contributed by atoms with Gasteiger partial charge in [0, 0.05) is 23.7 Å². The van der Waals surface area contributed by atoms with Crippen molar-refractivity contribution in [2.75, 3.05) is 0 Å². The van der Waals surface area contributed by atoms with Gasteiger partial charge in [0.1, 0.15) is 23.3 Å². The number of rotatable bonds is 1. The molecule has 0 radical (unpaired) electrons. The first-order chi connectivity index (χ1) is 12.0. The Morgan fingerprint density at radius 1 is 1.08 bits per heavy atom. The molecule has 0 aromatic carbocycles. The monoisotopic (exact) mass is 364 g/mol. The Bertz CT molecular complexity index is 662. The van der Waals surface area contributed by atoms with Gasteiger partial charge in [0.25, 0.3) is 0 Å². The standard InChI is InChI=1S/C22H33FO3/c1-13(24)19(2)9-6-16-15-11-18(23)22(26)12-14(25)5-8-21(22,4)17(15)7-10-20(16,19)3/h15-18,26H,5-12H2,1-4H3/t15-,16-,17-,18+,19+,20-,21+,22-/m0/s1. The van der Waals surface area contributed by atoms with E-state index in [9.17, 15) is 14.7 Å². The molecular weight excluding hydrogens is 331 g/mol. The number of hydrogen-bond acceptors (Lipinski definition) is 3. The molecule has 4 saturated carbocycles. The van der Waals surface area contributed by atoms with E-state index in [-0.39, 0.29) is 40.7 Å². The lowest BCUT2D eigenvalue weighted by molar-refractivity contribution is -0.234. The average molecular weight is 365 g/mol. The van der Waals surface area contributed by atoms with Crippen LogP contribution in [0.2, 0.25) is 0 Å². The van der Waals surface area contributed by atoms with E-state index >= 15 is 4.39 Å². The molecule has 0 aromatic rings. The van der Waals surface area contributed by atoms with E-state index in [1.165, 1.54) is 0 Å². The average Bonchev–Trinajstić information content (AvgIpc) is 2.84. The van der Waals surface area contributed by atoms with Crippen LogP contribution in [0.3, 0.4) is 0 Å². The van der Waals surface area contributed by atoms with Gasteiger partial charge in [-0.2, -0.15) is 0 Å². The molecule has 0 aliphatic heterocycles. The van der Waals surface area contributed by atoms with Gasteiger partial charge in [0.2, 0.25) is 0 Å². The van der Waals surface area contributed by atoms with Gasteiger partial charge in [0.05, 0.1) is 0 Å². The number of carbonyl (C=O) groups is 2. The zero-order chi connectivity index (χ0) is 19.1. The van der Waals surface area contributed by atoms with Crippen LogP contribution in [-0.2, 0) is 9.59 Å². The van der Waals surface area contributed by atoms with Crippen molar-refractivity contribution in [3.05, 3.63) is 0 Å². The summed E-state index contributed by atoms with van der Waals surface area (Å²) in [6.45, 7) is 8.11. The second kappa shape index (κ2) is 5.40. The summed E-state index contributed by atoms with van der Waals surface area (Å²) in [4.78, 5) is 24.5. The molecule has 26 heavy (non-hydrogen) atoms. The second-order valence-corrected chi connectivity index (χ2v) is 10.5. The molecule has 1 N–H and O–H groups in total. The predicted molar refractivity (Wildman–Crippen MR) is 97.3 cm³/mol. The molecule has 0 heterocycles. The molecule has 0 aromatic heterocycles. The van der Waals surface area contributed by atoms with Crippen molar-refractivity contribution in [1.29, 1.82) is 0 Å². The normalized spacial score (nSPS) is 56.5. The zero-order valence-corrected chi connectivity index (χ0v) is 16.6. The number of hydrogen-bond donors (Lipinski definition) is 1. The van der Waals surface area contributed by atoms with Gasteiger partial charge < -0.3 is 5.11 Å². The Morgan fingerprint density at radius 3 is 2.35 bits per heavy atom. The van der Waals surface area contributed by atoms with Crippen LogP contribution in [0.4, 0.5) is 4.39 Å². The van der Waals surface area contributed by atoms with Gasteiger partial charge >= 0.3 is 0 Å². The third kappa shape index (κ3) is 1.98. The van der Waals surface area contributed by atoms with Crippen molar-refractivity contribution in [1.82, 2.24) is 0 Å². The maximum atomic E-state index is 15.4. The molecule has 4 aliphatic rings. The summed E-state index contributed by atoms with van der Waals surface area (Å²) >= 11 is 0. The maximum absolute atomic E-state index is 15.4. The SMILES string of the molecule is CC(=O)[C@@]1(C)CC[C@H]2[C@@H]3C[C@@H](F)[C@@]4(O)CC(=O)CC[C@]4(C)[C@H]3CC[C@@]21C. The third-order valence-electron chi connectivity index (χ3n) is 10.0. The third-order valence-corrected chi connectivity index (χ3v) is 10.0. The number of ketones is 2. The van der Waals surface area contributed by atoms with Crippen molar-refractivity contribution in [3.63, 3.8) is 0 Å². The number of alkyl halides is 1. The van der Waals surface area contributed by atoms with E-state index in [1.54, 1.807) is 6.92 Å². The van der Waals surface area contributed by atoms with Gasteiger partial charge in [0.15, 0.2) is 0 Å². The molecule has 4 aliphatic carbocycles.